The lowest BCUT2D eigenvalue weighted by Gasteiger charge is -2.35. The lowest BCUT2D eigenvalue weighted by atomic mass is 10.0. The van der Waals surface area contributed by atoms with Gasteiger partial charge in [-0.25, -0.2) is 4.98 Å². The van der Waals surface area contributed by atoms with E-state index in [1.807, 2.05) is 11.0 Å². The normalized spacial score (nSPS) is 25.2. The van der Waals surface area contributed by atoms with Crippen molar-refractivity contribution in [1.82, 2.24) is 14.9 Å². The molecule has 1 amide bonds. The third kappa shape index (κ3) is 2.74. The number of aromatic amines is 1. The molecule has 4 rings (SSSR count). The summed E-state index contributed by atoms with van der Waals surface area (Å²) in [6, 6.07) is 6.28. The summed E-state index contributed by atoms with van der Waals surface area (Å²) in [7, 11) is 0. The number of piperidine rings is 1. The highest BCUT2D eigenvalue weighted by atomic mass is 16.5. The van der Waals surface area contributed by atoms with E-state index in [-0.39, 0.29) is 18.1 Å². The molecule has 122 valence electrons. The molecule has 2 aliphatic heterocycles. The average molecular weight is 313 g/mol. The van der Waals surface area contributed by atoms with E-state index in [1.165, 1.54) is 5.56 Å². The summed E-state index contributed by atoms with van der Waals surface area (Å²) < 4.78 is 5.61. The van der Waals surface area contributed by atoms with Crippen LogP contribution in [0.25, 0.3) is 11.0 Å². The van der Waals surface area contributed by atoms with Crippen molar-refractivity contribution in [2.45, 2.75) is 51.2 Å². The minimum atomic E-state index is -0.248. The van der Waals surface area contributed by atoms with Gasteiger partial charge in [-0.15, -0.1) is 0 Å². The van der Waals surface area contributed by atoms with Crippen LogP contribution in [0.2, 0.25) is 0 Å². The maximum atomic E-state index is 12.8. The first-order valence-electron chi connectivity index (χ1n) is 8.61. The summed E-state index contributed by atoms with van der Waals surface area (Å²) in [6.45, 7) is 3.59. The molecule has 23 heavy (non-hydrogen) atoms. The van der Waals surface area contributed by atoms with Crippen molar-refractivity contribution >= 4 is 16.9 Å². The molecule has 3 heterocycles. The molecule has 5 heteroatoms. The molecule has 0 bridgehead atoms. The van der Waals surface area contributed by atoms with Gasteiger partial charge < -0.3 is 14.6 Å². The number of fused-ring (bicyclic) bond motifs is 1. The van der Waals surface area contributed by atoms with Crippen LogP contribution in [0, 0.1) is 6.92 Å². The van der Waals surface area contributed by atoms with Crippen molar-refractivity contribution in [2.75, 3.05) is 13.2 Å². The Kier molecular flexibility index (Phi) is 3.81. The van der Waals surface area contributed by atoms with E-state index in [0.717, 1.165) is 55.5 Å². The molecule has 0 saturated carbocycles. The molecular weight excluding hydrogens is 290 g/mol. The van der Waals surface area contributed by atoms with E-state index < -0.39 is 0 Å². The predicted octanol–water partition coefficient (Wildman–Crippen LogP) is 3.10. The van der Waals surface area contributed by atoms with Crippen LogP contribution in [0.1, 0.15) is 49.5 Å². The number of hydrogen-bond donors (Lipinski definition) is 1. The number of aromatic nitrogens is 2. The second-order valence-electron chi connectivity index (χ2n) is 6.69. The Hall–Kier alpha value is -1.88. The Labute approximate surface area is 136 Å². The van der Waals surface area contributed by atoms with Gasteiger partial charge in [-0.05, 0) is 56.7 Å². The fourth-order valence-electron chi connectivity index (χ4n) is 3.74. The molecule has 1 aromatic carbocycles. The molecule has 0 spiro atoms. The Morgan fingerprint density at radius 3 is 3.04 bits per heavy atom. The van der Waals surface area contributed by atoms with Crippen LogP contribution in [0.5, 0.6) is 0 Å². The van der Waals surface area contributed by atoms with Gasteiger partial charge in [0.25, 0.3) is 5.91 Å². The number of hydrogen-bond acceptors (Lipinski definition) is 3. The molecule has 5 nitrogen and oxygen atoms in total. The Balaban J connectivity index is 1.64. The highest BCUT2D eigenvalue weighted by molar-refractivity contribution is 5.82. The monoisotopic (exact) mass is 313 g/mol. The molecule has 2 saturated heterocycles. The number of benzene rings is 1. The molecule has 0 radical (unpaired) electrons. The van der Waals surface area contributed by atoms with Crippen molar-refractivity contribution in [3.05, 3.63) is 29.6 Å². The minimum Gasteiger partial charge on any atom is -0.368 e. The van der Waals surface area contributed by atoms with Gasteiger partial charge >= 0.3 is 0 Å². The van der Waals surface area contributed by atoms with Gasteiger partial charge in [-0.1, -0.05) is 6.07 Å². The molecule has 2 fully saturated rings. The fraction of sp³-hybridized carbons (Fsp3) is 0.556. The highest BCUT2D eigenvalue weighted by Crippen LogP contribution is 2.32. The second kappa shape index (κ2) is 5.96. The van der Waals surface area contributed by atoms with Gasteiger partial charge in [0.2, 0.25) is 0 Å². The van der Waals surface area contributed by atoms with E-state index in [2.05, 4.69) is 24.0 Å². The summed E-state index contributed by atoms with van der Waals surface area (Å²) >= 11 is 0. The second-order valence-corrected chi connectivity index (χ2v) is 6.69. The highest BCUT2D eigenvalue weighted by Gasteiger charge is 2.35. The molecule has 2 aliphatic rings. The number of imidazole rings is 1. The quantitative estimate of drug-likeness (QED) is 0.927. The summed E-state index contributed by atoms with van der Waals surface area (Å²) in [6.07, 6.45) is 4.75. The zero-order valence-corrected chi connectivity index (χ0v) is 13.5. The number of H-pyrrole nitrogens is 1. The van der Waals surface area contributed by atoms with Crippen LogP contribution in [-0.2, 0) is 9.53 Å². The van der Waals surface area contributed by atoms with Gasteiger partial charge in [0, 0.05) is 13.2 Å². The van der Waals surface area contributed by atoms with Crippen LogP contribution >= 0.6 is 0 Å². The molecule has 2 atom stereocenters. The number of nitrogens with one attached hydrogen (secondary N) is 1. The smallest absolute Gasteiger partial charge is 0.252 e. The average Bonchev–Trinajstić information content (AvgIpc) is 3.23. The van der Waals surface area contributed by atoms with E-state index in [1.54, 1.807) is 0 Å². The first-order chi connectivity index (χ1) is 11.2. The van der Waals surface area contributed by atoms with Crippen molar-refractivity contribution in [3.63, 3.8) is 0 Å². The number of nitrogens with zero attached hydrogens (tertiary/aromatic N) is 2. The minimum absolute atomic E-state index is 0.0492. The lowest BCUT2D eigenvalue weighted by Crippen LogP contribution is -2.44. The van der Waals surface area contributed by atoms with Crippen molar-refractivity contribution in [3.8, 4) is 0 Å². The number of rotatable bonds is 2. The Morgan fingerprint density at radius 2 is 2.22 bits per heavy atom. The SMILES string of the molecule is Cc1ccc2nc(C3CCCCN3C(=O)C3CCCO3)[nH]c2c1. The number of amides is 1. The maximum absolute atomic E-state index is 12.8. The molecule has 0 aliphatic carbocycles. The zero-order valence-electron chi connectivity index (χ0n) is 13.5. The number of likely N-dealkylation sites (tertiary alicyclic amines) is 1. The van der Waals surface area contributed by atoms with Crippen LogP contribution in [-0.4, -0.2) is 40.0 Å². The topological polar surface area (TPSA) is 58.2 Å². The summed E-state index contributed by atoms with van der Waals surface area (Å²) in [5, 5.41) is 0. The van der Waals surface area contributed by atoms with Crippen LogP contribution in [0.4, 0.5) is 0 Å². The standard InChI is InChI=1S/C18H23N3O2/c1-12-7-8-13-14(11-12)20-17(19-13)15-5-2-3-9-21(15)18(22)16-6-4-10-23-16/h7-8,11,15-16H,2-6,9-10H2,1H3,(H,19,20). The molecular formula is C18H23N3O2. The third-order valence-corrected chi connectivity index (χ3v) is 4.96. The number of carbonyl (C=O) groups excluding carboxylic acids is 1. The van der Waals surface area contributed by atoms with Crippen molar-refractivity contribution in [2.24, 2.45) is 0 Å². The fourth-order valence-corrected chi connectivity index (χ4v) is 3.74. The van der Waals surface area contributed by atoms with Gasteiger partial charge in [0.1, 0.15) is 11.9 Å². The van der Waals surface area contributed by atoms with Gasteiger partial charge in [-0.3, -0.25) is 4.79 Å². The van der Waals surface area contributed by atoms with Crippen LogP contribution in [0.15, 0.2) is 18.2 Å². The molecule has 2 unspecified atom stereocenters. The number of ether oxygens (including phenoxy) is 1. The first kappa shape index (κ1) is 14.7. The number of aryl methyl sites for hydroxylation is 1. The van der Waals surface area contributed by atoms with Crippen molar-refractivity contribution < 1.29 is 9.53 Å². The lowest BCUT2D eigenvalue weighted by molar-refractivity contribution is -0.145. The Bertz CT molecular complexity index is 718. The van der Waals surface area contributed by atoms with E-state index in [9.17, 15) is 4.79 Å². The summed E-state index contributed by atoms with van der Waals surface area (Å²) in [4.78, 5) is 23.0. The van der Waals surface area contributed by atoms with Gasteiger partial charge in [0.15, 0.2) is 0 Å². The number of carbonyl (C=O) groups is 1. The van der Waals surface area contributed by atoms with Crippen LogP contribution in [0.3, 0.4) is 0 Å². The largest absolute Gasteiger partial charge is 0.368 e. The first-order valence-corrected chi connectivity index (χ1v) is 8.61. The van der Waals surface area contributed by atoms with E-state index in [4.69, 9.17) is 9.72 Å². The summed E-state index contributed by atoms with van der Waals surface area (Å²) in [5.74, 6) is 1.06. The molecule has 1 N–H and O–H groups in total. The van der Waals surface area contributed by atoms with Gasteiger partial charge in [0.05, 0.1) is 17.1 Å². The molecule has 1 aromatic heterocycles. The van der Waals surface area contributed by atoms with E-state index in [0.29, 0.717) is 6.61 Å². The maximum Gasteiger partial charge on any atom is 0.252 e. The third-order valence-electron chi connectivity index (χ3n) is 4.96. The zero-order chi connectivity index (χ0) is 15.8. The predicted molar refractivity (Wildman–Crippen MR) is 88.1 cm³/mol. The summed E-state index contributed by atoms with van der Waals surface area (Å²) in [5.41, 5.74) is 3.24. The van der Waals surface area contributed by atoms with Crippen molar-refractivity contribution in [1.29, 1.82) is 0 Å². The van der Waals surface area contributed by atoms with E-state index >= 15 is 0 Å². The Morgan fingerprint density at radius 1 is 1.30 bits per heavy atom. The van der Waals surface area contributed by atoms with Gasteiger partial charge in [-0.2, -0.15) is 0 Å². The van der Waals surface area contributed by atoms with Crippen LogP contribution < -0.4 is 0 Å². The molecule has 2 aromatic rings.